The zero-order valence-corrected chi connectivity index (χ0v) is 13.9. The molecule has 0 saturated carbocycles. The molecule has 0 aliphatic heterocycles. The van der Waals surface area contributed by atoms with Gasteiger partial charge in [0, 0.05) is 25.2 Å². The first kappa shape index (κ1) is 17.6. The molecule has 5 heteroatoms. The molecule has 0 radical (unpaired) electrons. The van der Waals surface area contributed by atoms with Crippen molar-refractivity contribution < 1.29 is 14.2 Å². The van der Waals surface area contributed by atoms with Crippen LogP contribution in [0.4, 0.5) is 0 Å². The lowest BCUT2D eigenvalue weighted by atomic mass is 10.1. The minimum atomic E-state index is 0.381. The molecule has 0 fully saturated rings. The van der Waals surface area contributed by atoms with Crippen LogP contribution in [0.1, 0.15) is 26.3 Å². The molecule has 1 aromatic carbocycles. The predicted molar refractivity (Wildman–Crippen MR) is 85.5 cm³/mol. The zero-order chi connectivity index (χ0) is 15.8. The molecule has 0 bridgehead atoms. The number of rotatable bonds is 9. The lowest BCUT2D eigenvalue weighted by Gasteiger charge is -2.18. The van der Waals surface area contributed by atoms with Gasteiger partial charge in [0.2, 0.25) is 5.75 Å². The first-order chi connectivity index (χ1) is 10.0. The molecule has 120 valence electrons. The van der Waals surface area contributed by atoms with E-state index in [1.54, 1.807) is 21.3 Å². The second-order valence-electron chi connectivity index (χ2n) is 5.38. The van der Waals surface area contributed by atoms with Crippen LogP contribution in [0, 0.1) is 0 Å². The van der Waals surface area contributed by atoms with E-state index in [-0.39, 0.29) is 0 Å². The molecule has 0 aliphatic carbocycles. The van der Waals surface area contributed by atoms with E-state index in [1.165, 1.54) is 0 Å². The van der Waals surface area contributed by atoms with Gasteiger partial charge in [-0.05, 0) is 24.6 Å². The summed E-state index contributed by atoms with van der Waals surface area (Å²) in [6, 6.07) is 4.82. The minimum absolute atomic E-state index is 0.381. The van der Waals surface area contributed by atoms with Gasteiger partial charge in [0.25, 0.3) is 0 Å². The normalized spacial score (nSPS) is 12.3. The molecule has 1 aromatic rings. The van der Waals surface area contributed by atoms with Gasteiger partial charge in [-0.2, -0.15) is 0 Å². The van der Waals surface area contributed by atoms with Crippen LogP contribution in [0.3, 0.4) is 0 Å². The fraction of sp³-hybridized carbons (Fsp3) is 0.625. The van der Waals surface area contributed by atoms with Crippen LogP contribution in [0.15, 0.2) is 12.1 Å². The van der Waals surface area contributed by atoms with Crippen molar-refractivity contribution in [2.75, 3.05) is 27.9 Å². The Hall–Kier alpha value is -1.46. The van der Waals surface area contributed by atoms with Gasteiger partial charge in [0.1, 0.15) is 0 Å². The fourth-order valence-electron chi connectivity index (χ4n) is 2.01. The molecule has 21 heavy (non-hydrogen) atoms. The Bertz CT molecular complexity index is 411. The number of benzene rings is 1. The third-order valence-electron chi connectivity index (χ3n) is 3.21. The third kappa shape index (κ3) is 5.44. The predicted octanol–water partition coefficient (Wildman–Crippen LogP) is 2.19. The highest BCUT2D eigenvalue weighted by Gasteiger charge is 2.13. The van der Waals surface area contributed by atoms with Crippen LogP contribution < -0.4 is 24.8 Å². The summed E-state index contributed by atoms with van der Waals surface area (Å²) < 4.78 is 16.0. The molecular formula is C16H28N2O3. The Morgan fingerprint density at radius 1 is 0.905 bits per heavy atom. The van der Waals surface area contributed by atoms with Crippen LogP contribution in [0.2, 0.25) is 0 Å². The van der Waals surface area contributed by atoms with Crippen molar-refractivity contribution in [1.82, 2.24) is 10.6 Å². The maximum atomic E-state index is 5.36. The number of hydrogen-bond acceptors (Lipinski definition) is 5. The van der Waals surface area contributed by atoms with E-state index in [0.717, 1.165) is 18.7 Å². The van der Waals surface area contributed by atoms with Crippen molar-refractivity contribution in [3.63, 3.8) is 0 Å². The van der Waals surface area contributed by atoms with E-state index in [4.69, 9.17) is 14.2 Å². The monoisotopic (exact) mass is 296 g/mol. The molecule has 0 aromatic heterocycles. The molecule has 0 heterocycles. The largest absolute Gasteiger partial charge is 0.493 e. The van der Waals surface area contributed by atoms with Crippen molar-refractivity contribution >= 4 is 0 Å². The number of hydrogen-bond donors (Lipinski definition) is 2. The van der Waals surface area contributed by atoms with Gasteiger partial charge in [-0.3, -0.25) is 0 Å². The zero-order valence-electron chi connectivity index (χ0n) is 13.9. The van der Waals surface area contributed by atoms with Gasteiger partial charge in [-0.1, -0.05) is 13.8 Å². The van der Waals surface area contributed by atoms with Crippen LogP contribution >= 0.6 is 0 Å². The molecule has 0 amide bonds. The molecular weight excluding hydrogens is 268 g/mol. The number of nitrogens with one attached hydrogen (secondary N) is 2. The molecule has 2 N–H and O–H groups in total. The maximum Gasteiger partial charge on any atom is 0.203 e. The summed E-state index contributed by atoms with van der Waals surface area (Å²) in [7, 11) is 4.87. The first-order valence-corrected chi connectivity index (χ1v) is 7.27. The van der Waals surface area contributed by atoms with Crippen molar-refractivity contribution in [2.24, 2.45) is 0 Å². The highest BCUT2D eigenvalue weighted by atomic mass is 16.5. The Labute approximate surface area is 128 Å². The van der Waals surface area contributed by atoms with Crippen molar-refractivity contribution in [3.05, 3.63) is 17.7 Å². The lowest BCUT2D eigenvalue weighted by molar-refractivity contribution is 0.323. The van der Waals surface area contributed by atoms with E-state index in [9.17, 15) is 0 Å². The van der Waals surface area contributed by atoms with Crippen LogP contribution in [0.25, 0.3) is 0 Å². The standard InChI is InChI=1S/C16H28N2O3/c1-11(2)17-9-12(3)18-10-13-7-14(19-4)16(21-6)15(8-13)20-5/h7-8,11-12,17-18H,9-10H2,1-6H3. The summed E-state index contributed by atoms with van der Waals surface area (Å²) in [6.07, 6.45) is 0. The van der Waals surface area contributed by atoms with Crippen LogP contribution in [-0.2, 0) is 6.54 Å². The van der Waals surface area contributed by atoms with Gasteiger partial charge >= 0.3 is 0 Å². The fourth-order valence-corrected chi connectivity index (χ4v) is 2.01. The Morgan fingerprint density at radius 2 is 1.48 bits per heavy atom. The van der Waals surface area contributed by atoms with Crippen molar-refractivity contribution in [1.29, 1.82) is 0 Å². The van der Waals surface area contributed by atoms with Crippen LogP contribution in [0.5, 0.6) is 17.2 Å². The average Bonchev–Trinajstić information content (AvgIpc) is 2.49. The Kier molecular flexibility index (Phi) is 7.32. The van der Waals surface area contributed by atoms with Crippen LogP contribution in [-0.4, -0.2) is 40.0 Å². The van der Waals surface area contributed by atoms with Crippen molar-refractivity contribution in [2.45, 2.75) is 39.4 Å². The molecule has 0 saturated heterocycles. The van der Waals surface area contributed by atoms with E-state index >= 15 is 0 Å². The third-order valence-corrected chi connectivity index (χ3v) is 3.21. The molecule has 1 atom stereocenters. The van der Waals surface area contributed by atoms with E-state index in [0.29, 0.717) is 29.3 Å². The highest BCUT2D eigenvalue weighted by molar-refractivity contribution is 5.53. The van der Waals surface area contributed by atoms with E-state index < -0.39 is 0 Å². The van der Waals surface area contributed by atoms with Gasteiger partial charge in [0.05, 0.1) is 21.3 Å². The second-order valence-corrected chi connectivity index (χ2v) is 5.38. The summed E-state index contributed by atoms with van der Waals surface area (Å²) in [5.41, 5.74) is 1.10. The Balaban J connectivity index is 2.71. The quantitative estimate of drug-likeness (QED) is 0.731. The summed E-state index contributed by atoms with van der Waals surface area (Å²) >= 11 is 0. The summed E-state index contributed by atoms with van der Waals surface area (Å²) in [5.74, 6) is 1.99. The average molecular weight is 296 g/mol. The second kappa shape index (κ2) is 8.74. The van der Waals surface area contributed by atoms with Gasteiger partial charge in [-0.25, -0.2) is 0 Å². The molecule has 5 nitrogen and oxygen atoms in total. The molecule has 0 aliphatic rings. The summed E-state index contributed by atoms with van der Waals surface area (Å²) in [6.45, 7) is 8.13. The summed E-state index contributed by atoms with van der Waals surface area (Å²) in [4.78, 5) is 0. The SMILES string of the molecule is COc1cc(CNC(C)CNC(C)C)cc(OC)c1OC. The van der Waals surface area contributed by atoms with E-state index in [1.807, 2.05) is 12.1 Å². The van der Waals surface area contributed by atoms with Gasteiger partial charge < -0.3 is 24.8 Å². The number of ether oxygens (including phenoxy) is 3. The molecule has 1 unspecified atom stereocenters. The number of methoxy groups -OCH3 is 3. The van der Waals surface area contributed by atoms with Gasteiger partial charge in [-0.15, -0.1) is 0 Å². The van der Waals surface area contributed by atoms with Crippen molar-refractivity contribution in [3.8, 4) is 17.2 Å². The highest BCUT2D eigenvalue weighted by Crippen LogP contribution is 2.38. The van der Waals surface area contributed by atoms with Gasteiger partial charge in [0.15, 0.2) is 11.5 Å². The molecule has 1 rings (SSSR count). The topological polar surface area (TPSA) is 51.8 Å². The Morgan fingerprint density at radius 3 is 1.90 bits per heavy atom. The maximum absolute atomic E-state index is 5.36. The van der Waals surface area contributed by atoms with E-state index in [2.05, 4.69) is 31.4 Å². The lowest BCUT2D eigenvalue weighted by Crippen LogP contribution is -2.38. The molecule has 0 spiro atoms. The smallest absolute Gasteiger partial charge is 0.203 e. The minimum Gasteiger partial charge on any atom is -0.493 e. The first-order valence-electron chi connectivity index (χ1n) is 7.27. The summed E-state index contributed by atoms with van der Waals surface area (Å²) in [5, 5.41) is 6.89.